The quantitative estimate of drug-likeness (QED) is 0.420. The summed E-state index contributed by atoms with van der Waals surface area (Å²) in [6.45, 7) is 0.664. The van der Waals surface area contributed by atoms with Gasteiger partial charge in [0.2, 0.25) is 0 Å². The number of carbonyl (C=O) groups is 2. The van der Waals surface area contributed by atoms with Gasteiger partial charge in [-0.2, -0.15) is 13.2 Å². The number of aromatic nitrogens is 1. The number of carbonyl (C=O) groups excluding carboxylic acids is 2. The van der Waals surface area contributed by atoms with Crippen LogP contribution in [0.4, 0.5) is 17.6 Å². The van der Waals surface area contributed by atoms with Gasteiger partial charge in [-0.1, -0.05) is 12.1 Å². The van der Waals surface area contributed by atoms with E-state index in [9.17, 15) is 27.2 Å². The highest BCUT2D eigenvalue weighted by molar-refractivity contribution is 5.97. The van der Waals surface area contributed by atoms with E-state index >= 15 is 0 Å². The summed E-state index contributed by atoms with van der Waals surface area (Å²) in [5.41, 5.74) is -3.23. The standard InChI is InChI=1S/C18H17F4N3O3/c1-2-28-16(27)17(18(20,21)22,24-10-12-5-7-14(19)8-6-12)25-15(26)13-4-3-9-23-11-13/h3-9,11,24H,2,10H2,1H3,(H,25,26)/p+1. The second kappa shape index (κ2) is 8.79. The first-order valence-corrected chi connectivity index (χ1v) is 8.25. The summed E-state index contributed by atoms with van der Waals surface area (Å²) < 4.78 is 59.5. The average molecular weight is 400 g/mol. The van der Waals surface area contributed by atoms with Gasteiger partial charge in [0.1, 0.15) is 12.4 Å². The Labute approximate surface area is 157 Å². The first-order chi connectivity index (χ1) is 13.2. The Morgan fingerprint density at radius 3 is 2.39 bits per heavy atom. The molecule has 0 bridgehead atoms. The maximum Gasteiger partial charge on any atom is 0.478 e. The van der Waals surface area contributed by atoms with Crippen LogP contribution in [0.15, 0.2) is 48.8 Å². The summed E-state index contributed by atoms with van der Waals surface area (Å²) >= 11 is 0. The van der Waals surface area contributed by atoms with Crippen molar-refractivity contribution in [1.82, 2.24) is 10.3 Å². The molecule has 0 aliphatic heterocycles. The minimum Gasteiger partial charge on any atom is -0.460 e. The van der Waals surface area contributed by atoms with Crippen LogP contribution in [0.25, 0.3) is 0 Å². The number of rotatable bonds is 7. The molecule has 0 saturated heterocycles. The molecule has 2 rings (SSSR count). The first-order valence-electron chi connectivity index (χ1n) is 8.25. The molecule has 0 spiro atoms. The third-order valence-electron chi connectivity index (χ3n) is 3.84. The lowest BCUT2D eigenvalue weighted by Gasteiger charge is -2.31. The Bertz CT molecular complexity index is 813. The summed E-state index contributed by atoms with van der Waals surface area (Å²) in [7, 11) is 0. The van der Waals surface area contributed by atoms with Gasteiger partial charge in [0.15, 0.2) is 0 Å². The van der Waals surface area contributed by atoms with E-state index in [4.69, 9.17) is 0 Å². The van der Waals surface area contributed by atoms with E-state index in [1.54, 1.807) is 5.32 Å². The zero-order chi connectivity index (χ0) is 20.8. The number of nitrogens with two attached hydrogens (primary N) is 1. The van der Waals surface area contributed by atoms with Gasteiger partial charge in [-0.25, -0.2) is 9.18 Å². The lowest BCUT2D eigenvalue weighted by molar-refractivity contribution is -0.757. The lowest BCUT2D eigenvalue weighted by atomic mass is 10.1. The number of nitrogens with zero attached hydrogens (tertiary/aromatic N) is 1. The SMILES string of the molecule is CCOC(=O)C(NC(=O)c1cccnc1)([NH2+]Cc1ccc(F)cc1)C(F)(F)F. The zero-order valence-electron chi connectivity index (χ0n) is 14.8. The monoisotopic (exact) mass is 400 g/mol. The summed E-state index contributed by atoms with van der Waals surface area (Å²) in [6, 6.07) is 7.35. The van der Waals surface area contributed by atoms with E-state index in [-0.39, 0.29) is 18.7 Å². The van der Waals surface area contributed by atoms with Crippen molar-refractivity contribution < 1.29 is 37.2 Å². The Morgan fingerprint density at radius 2 is 1.86 bits per heavy atom. The second-order valence-electron chi connectivity index (χ2n) is 5.76. The van der Waals surface area contributed by atoms with Crippen LogP contribution in [0.1, 0.15) is 22.8 Å². The molecule has 6 nitrogen and oxygen atoms in total. The van der Waals surface area contributed by atoms with Gasteiger partial charge in [0.25, 0.3) is 5.91 Å². The normalized spacial score (nSPS) is 13.5. The van der Waals surface area contributed by atoms with E-state index in [0.717, 1.165) is 18.3 Å². The lowest BCUT2D eigenvalue weighted by Crippen LogP contribution is -3.06. The topological polar surface area (TPSA) is 84.9 Å². The number of hydrogen-bond donors (Lipinski definition) is 2. The Hall–Kier alpha value is -3.01. The van der Waals surface area contributed by atoms with E-state index < -0.39 is 29.5 Å². The third-order valence-corrected chi connectivity index (χ3v) is 3.84. The molecule has 0 saturated carbocycles. The van der Waals surface area contributed by atoms with Crippen LogP contribution in [0.5, 0.6) is 0 Å². The maximum atomic E-state index is 14.0. The van der Waals surface area contributed by atoms with Crippen molar-refractivity contribution in [1.29, 1.82) is 0 Å². The number of quaternary nitrogens is 1. The fourth-order valence-corrected chi connectivity index (χ4v) is 2.37. The van der Waals surface area contributed by atoms with E-state index in [2.05, 4.69) is 9.72 Å². The highest BCUT2D eigenvalue weighted by Gasteiger charge is 2.67. The third kappa shape index (κ3) is 4.83. The van der Waals surface area contributed by atoms with Crippen molar-refractivity contribution in [3.05, 3.63) is 65.7 Å². The van der Waals surface area contributed by atoms with E-state index in [1.165, 1.54) is 37.4 Å². The number of pyridine rings is 1. The fraction of sp³-hybridized carbons (Fsp3) is 0.278. The maximum absolute atomic E-state index is 14.0. The molecule has 28 heavy (non-hydrogen) atoms. The van der Waals surface area contributed by atoms with Crippen LogP contribution in [0.2, 0.25) is 0 Å². The van der Waals surface area contributed by atoms with Crippen LogP contribution < -0.4 is 10.6 Å². The Balaban J connectivity index is 2.37. The molecular weight excluding hydrogens is 382 g/mol. The first kappa shape index (κ1) is 21.3. The molecular formula is C18H18F4N3O3+. The molecule has 1 heterocycles. The van der Waals surface area contributed by atoms with Gasteiger partial charge in [-0.05, 0) is 31.2 Å². The van der Waals surface area contributed by atoms with Crippen LogP contribution in [-0.4, -0.2) is 35.3 Å². The molecule has 1 atom stereocenters. The number of nitrogens with one attached hydrogen (secondary N) is 1. The van der Waals surface area contributed by atoms with Crippen LogP contribution in [0, 0.1) is 5.82 Å². The predicted octanol–water partition coefficient (Wildman–Crippen LogP) is 1.54. The Kier molecular flexibility index (Phi) is 6.68. The zero-order valence-corrected chi connectivity index (χ0v) is 14.8. The molecule has 0 aliphatic rings. The number of halogens is 4. The molecule has 10 heteroatoms. The van der Waals surface area contributed by atoms with Crippen molar-refractivity contribution in [2.24, 2.45) is 0 Å². The number of esters is 1. The molecule has 0 aliphatic carbocycles. The molecule has 0 fully saturated rings. The van der Waals surface area contributed by atoms with Gasteiger partial charge < -0.3 is 10.1 Å². The van der Waals surface area contributed by atoms with E-state index in [1.807, 2.05) is 0 Å². The number of hydrogen-bond acceptors (Lipinski definition) is 4. The highest BCUT2D eigenvalue weighted by atomic mass is 19.4. The average Bonchev–Trinajstić information content (AvgIpc) is 2.66. The molecule has 1 amide bonds. The minimum atomic E-state index is -5.18. The molecule has 150 valence electrons. The summed E-state index contributed by atoms with van der Waals surface area (Å²) in [6.07, 6.45) is -2.77. The molecule has 3 N–H and O–H groups in total. The minimum absolute atomic E-state index is 0.157. The van der Waals surface area contributed by atoms with Gasteiger partial charge in [-0.3, -0.25) is 15.1 Å². The number of ether oxygens (including phenoxy) is 1. The van der Waals surface area contributed by atoms with Crippen LogP contribution in [0.3, 0.4) is 0 Å². The van der Waals surface area contributed by atoms with Crippen molar-refractivity contribution >= 4 is 11.9 Å². The molecule has 2 aromatic rings. The van der Waals surface area contributed by atoms with Crippen molar-refractivity contribution in [2.45, 2.75) is 25.3 Å². The Morgan fingerprint density at radius 1 is 1.18 bits per heavy atom. The number of benzene rings is 1. The summed E-state index contributed by atoms with van der Waals surface area (Å²) in [5, 5.41) is 2.35. The van der Waals surface area contributed by atoms with Crippen LogP contribution >= 0.6 is 0 Å². The summed E-state index contributed by atoms with van der Waals surface area (Å²) in [4.78, 5) is 28.3. The van der Waals surface area contributed by atoms with Gasteiger partial charge in [0.05, 0.1) is 12.2 Å². The predicted molar refractivity (Wildman–Crippen MR) is 89.2 cm³/mol. The van der Waals surface area contributed by atoms with E-state index in [0.29, 0.717) is 10.9 Å². The second-order valence-corrected chi connectivity index (χ2v) is 5.76. The highest BCUT2D eigenvalue weighted by Crippen LogP contribution is 2.27. The van der Waals surface area contributed by atoms with Crippen molar-refractivity contribution in [2.75, 3.05) is 6.61 Å². The molecule has 0 radical (unpaired) electrons. The molecule has 1 aromatic heterocycles. The smallest absolute Gasteiger partial charge is 0.460 e. The summed E-state index contributed by atoms with van der Waals surface area (Å²) in [5.74, 6) is -3.36. The van der Waals surface area contributed by atoms with Gasteiger partial charge in [-0.15, -0.1) is 0 Å². The number of amides is 1. The van der Waals surface area contributed by atoms with Crippen molar-refractivity contribution in [3.63, 3.8) is 0 Å². The van der Waals surface area contributed by atoms with Crippen LogP contribution in [-0.2, 0) is 16.1 Å². The van der Waals surface area contributed by atoms with Gasteiger partial charge in [0, 0.05) is 18.0 Å². The van der Waals surface area contributed by atoms with Crippen molar-refractivity contribution in [3.8, 4) is 0 Å². The largest absolute Gasteiger partial charge is 0.478 e. The fourth-order valence-electron chi connectivity index (χ4n) is 2.37. The molecule has 1 aromatic carbocycles. The van der Waals surface area contributed by atoms with Gasteiger partial charge >= 0.3 is 17.8 Å². The number of alkyl halides is 3. The molecule has 1 unspecified atom stereocenters.